The molecule has 39 heavy (non-hydrogen) atoms. The standard InChI is InChI=1S/C30H36FN7O/c1-30(2,3)20-33-29-32-13-11-24(34-29)28-27(22-7-9-23(31)10-8-22)35-25-17-21(12-16-38(25)28)18-36(4)19-26(39)37-14-5-6-15-37/h7-13,16-17H,5-6,14-15,18-20H2,1-4H3,(H,32,33,34). The number of likely N-dealkylation sites (N-methyl/N-ethyl adjacent to an activating group) is 1. The van der Waals surface area contributed by atoms with Gasteiger partial charge in [-0.25, -0.2) is 19.3 Å². The maximum absolute atomic E-state index is 13.7. The van der Waals surface area contributed by atoms with E-state index in [0.29, 0.717) is 30.4 Å². The van der Waals surface area contributed by atoms with E-state index < -0.39 is 0 Å². The van der Waals surface area contributed by atoms with Crippen LogP contribution in [0.15, 0.2) is 54.9 Å². The summed E-state index contributed by atoms with van der Waals surface area (Å²) in [6.45, 7) is 9.91. The number of carbonyl (C=O) groups excluding carboxylic acids is 1. The molecule has 0 bridgehead atoms. The Labute approximate surface area is 228 Å². The lowest BCUT2D eigenvalue weighted by molar-refractivity contribution is -0.131. The Morgan fingerprint density at radius 2 is 1.82 bits per heavy atom. The minimum atomic E-state index is -0.298. The fourth-order valence-corrected chi connectivity index (χ4v) is 4.82. The van der Waals surface area contributed by atoms with Crippen LogP contribution in [-0.2, 0) is 11.3 Å². The van der Waals surface area contributed by atoms with Gasteiger partial charge in [-0.05, 0) is 73.3 Å². The van der Waals surface area contributed by atoms with Crippen molar-refractivity contribution in [3.63, 3.8) is 0 Å². The number of imidazole rings is 1. The van der Waals surface area contributed by atoms with Crippen LogP contribution in [0.4, 0.5) is 10.3 Å². The Morgan fingerprint density at radius 3 is 2.54 bits per heavy atom. The van der Waals surface area contributed by atoms with Crippen LogP contribution in [0.3, 0.4) is 0 Å². The van der Waals surface area contributed by atoms with Crippen LogP contribution in [-0.4, -0.2) is 68.3 Å². The van der Waals surface area contributed by atoms with Gasteiger partial charge in [0.25, 0.3) is 0 Å². The molecule has 4 heterocycles. The first-order valence-electron chi connectivity index (χ1n) is 13.5. The van der Waals surface area contributed by atoms with E-state index in [4.69, 9.17) is 9.97 Å². The molecule has 0 radical (unpaired) electrons. The highest BCUT2D eigenvalue weighted by molar-refractivity contribution is 5.81. The molecule has 4 aromatic rings. The quantitative estimate of drug-likeness (QED) is 0.342. The van der Waals surface area contributed by atoms with Crippen LogP contribution in [0, 0.1) is 11.2 Å². The van der Waals surface area contributed by atoms with Crippen molar-refractivity contribution in [2.24, 2.45) is 5.41 Å². The van der Waals surface area contributed by atoms with E-state index in [1.54, 1.807) is 18.3 Å². The Balaban J connectivity index is 1.47. The third-order valence-corrected chi connectivity index (χ3v) is 6.80. The van der Waals surface area contributed by atoms with Gasteiger partial charge in [0.05, 0.1) is 23.6 Å². The number of aromatic nitrogens is 4. The number of anilines is 1. The smallest absolute Gasteiger partial charge is 0.236 e. The predicted molar refractivity (Wildman–Crippen MR) is 152 cm³/mol. The highest BCUT2D eigenvalue weighted by atomic mass is 19.1. The molecule has 1 fully saturated rings. The number of rotatable bonds is 8. The number of pyridine rings is 1. The maximum Gasteiger partial charge on any atom is 0.236 e. The Bertz CT molecular complexity index is 1450. The summed E-state index contributed by atoms with van der Waals surface area (Å²) in [5, 5.41) is 3.33. The van der Waals surface area contributed by atoms with E-state index >= 15 is 0 Å². The van der Waals surface area contributed by atoms with E-state index in [0.717, 1.165) is 54.9 Å². The first-order valence-corrected chi connectivity index (χ1v) is 13.5. The molecule has 0 atom stereocenters. The summed E-state index contributed by atoms with van der Waals surface area (Å²) < 4.78 is 15.7. The van der Waals surface area contributed by atoms with Crippen molar-refractivity contribution in [2.45, 2.75) is 40.2 Å². The van der Waals surface area contributed by atoms with Crippen molar-refractivity contribution in [3.05, 3.63) is 66.2 Å². The van der Waals surface area contributed by atoms with E-state index in [-0.39, 0.29) is 17.1 Å². The molecule has 1 saturated heterocycles. The molecule has 9 heteroatoms. The fourth-order valence-electron chi connectivity index (χ4n) is 4.82. The van der Waals surface area contributed by atoms with Crippen molar-refractivity contribution in [3.8, 4) is 22.6 Å². The number of benzene rings is 1. The van der Waals surface area contributed by atoms with E-state index in [1.165, 1.54) is 12.1 Å². The molecule has 3 aromatic heterocycles. The predicted octanol–water partition coefficient (Wildman–Crippen LogP) is 5.11. The summed E-state index contributed by atoms with van der Waals surface area (Å²) in [5.41, 5.74) is 4.92. The van der Waals surface area contributed by atoms with Gasteiger partial charge in [0.2, 0.25) is 11.9 Å². The average Bonchev–Trinajstić information content (AvgIpc) is 3.56. The monoisotopic (exact) mass is 529 g/mol. The largest absolute Gasteiger partial charge is 0.354 e. The zero-order chi connectivity index (χ0) is 27.6. The van der Waals surface area contributed by atoms with Gasteiger partial charge in [-0.2, -0.15) is 0 Å². The summed E-state index contributed by atoms with van der Waals surface area (Å²) in [5.74, 6) is 0.425. The molecule has 1 N–H and O–H groups in total. The zero-order valence-electron chi connectivity index (χ0n) is 23.1. The summed E-state index contributed by atoms with van der Waals surface area (Å²) in [6, 6.07) is 12.3. The van der Waals surface area contributed by atoms with Crippen LogP contribution in [0.5, 0.6) is 0 Å². The van der Waals surface area contributed by atoms with Crippen molar-refractivity contribution in [1.29, 1.82) is 0 Å². The molecule has 1 aliphatic rings. The van der Waals surface area contributed by atoms with Crippen molar-refractivity contribution in [1.82, 2.24) is 29.2 Å². The highest BCUT2D eigenvalue weighted by Crippen LogP contribution is 2.32. The van der Waals surface area contributed by atoms with Gasteiger partial charge in [0.1, 0.15) is 11.5 Å². The second-order valence-corrected chi connectivity index (χ2v) is 11.5. The van der Waals surface area contributed by atoms with Gasteiger partial charge in [-0.15, -0.1) is 0 Å². The van der Waals surface area contributed by atoms with Gasteiger partial charge in [0, 0.05) is 44.1 Å². The Morgan fingerprint density at radius 1 is 1.08 bits per heavy atom. The molecular weight excluding hydrogens is 493 g/mol. The third kappa shape index (κ3) is 6.42. The van der Waals surface area contributed by atoms with E-state index in [9.17, 15) is 9.18 Å². The number of halogens is 1. The Kier molecular flexibility index (Phi) is 7.61. The zero-order valence-corrected chi connectivity index (χ0v) is 23.1. The van der Waals surface area contributed by atoms with Crippen LogP contribution in [0.2, 0.25) is 0 Å². The van der Waals surface area contributed by atoms with E-state index in [1.807, 2.05) is 45.6 Å². The second kappa shape index (κ2) is 11.1. The number of likely N-dealkylation sites (tertiary alicyclic amines) is 1. The summed E-state index contributed by atoms with van der Waals surface area (Å²) in [4.78, 5) is 30.8. The van der Waals surface area contributed by atoms with Crippen LogP contribution < -0.4 is 5.32 Å². The number of hydrogen-bond acceptors (Lipinski definition) is 6. The second-order valence-electron chi connectivity index (χ2n) is 11.5. The molecule has 0 unspecified atom stereocenters. The first-order chi connectivity index (χ1) is 18.7. The van der Waals surface area contributed by atoms with Crippen molar-refractivity contribution >= 4 is 17.5 Å². The molecule has 204 valence electrons. The number of carbonyl (C=O) groups is 1. The molecule has 0 aliphatic carbocycles. The third-order valence-electron chi connectivity index (χ3n) is 6.80. The lowest BCUT2D eigenvalue weighted by atomic mass is 9.97. The summed E-state index contributed by atoms with van der Waals surface area (Å²) >= 11 is 0. The molecule has 0 saturated carbocycles. The lowest BCUT2D eigenvalue weighted by Crippen LogP contribution is -2.36. The molecular formula is C30H36FN7O. The van der Waals surface area contributed by atoms with Gasteiger partial charge < -0.3 is 10.2 Å². The van der Waals surface area contributed by atoms with E-state index in [2.05, 4.69) is 31.1 Å². The molecule has 1 amide bonds. The van der Waals surface area contributed by atoms with Crippen LogP contribution >= 0.6 is 0 Å². The molecule has 8 nitrogen and oxygen atoms in total. The first kappa shape index (κ1) is 26.7. The molecule has 0 spiro atoms. The van der Waals surface area contributed by atoms with Crippen molar-refractivity contribution in [2.75, 3.05) is 38.5 Å². The molecule has 1 aliphatic heterocycles. The number of nitrogens with zero attached hydrogens (tertiary/aromatic N) is 6. The van der Waals surface area contributed by atoms with Gasteiger partial charge in [-0.3, -0.25) is 14.1 Å². The Hall–Kier alpha value is -3.85. The number of fused-ring (bicyclic) bond motifs is 1. The van der Waals surface area contributed by atoms with Gasteiger partial charge in [-0.1, -0.05) is 20.8 Å². The highest BCUT2D eigenvalue weighted by Gasteiger charge is 2.21. The van der Waals surface area contributed by atoms with Crippen molar-refractivity contribution < 1.29 is 9.18 Å². The number of nitrogens with one attached hydrogen (secondary N) is 1. The lowest BCUT2D eigenvalue weighted by Gasteiger charge is -2.21. The minimum absolute atomic E-state index is 0.0740. The number of amides is 1. The minimum Gasteiger partial charge on any atom is -0.354 e. The van der Waals surface area contributed by atoms with Crippen LogP contribution in [0.25, 0.3) is 28.3 Å². The topological polar surface area (TPSA) is 78.7 Å². The summed E-state index contributed by atoms with van der Waals surface area (Å²) in [6.07, 6.45) is 5.90. The van der Waals surface area contributed by atoms with Gasteiger partial charge >= 0.3 is 0 Å². The molecule has 1 aromatic carbocycles. The van der Waals surface area contributed by atoms with Gasteiger partial charge in [0.15, 0.2) is 0 Å². The normalized spacial score (nSPS) is 13.9. The number of hydrogen-bond donors (Lipinski definition) is 1. The maximum atomic E-state index is 13.7. The van der Waals surface area contributed by atoms with Crippen LogP contribution in [0.1, 0.15) is 39.2 Å². The SMILES string of the molecule is CN(CC(=O)N1CCCC1)Cc1ccn2c(-c3ccnc(NCC(C)(C)C)n3)c(-c3ccc(F)cc3)nc2c1. The fraction of sp³-hybridized carbons (Fsp3) is 0.400. The summed E-state index contributed by atoms with van der Waals surface area (Å²) in [7, 11) is 1.96. The molecule has 5 rings (SSSR count). The average molecular weight is 530 g/mol.